The molecular formula is C7H5ClFNO. The largest absolute Gasteiger partial charge is 0.303 e. The Balaban J connectivity index is 3.05. The zero-order chi connectivity index (χ0) is 8.27. The number of pyridine rings is 1. The van der Waals surface area contributed by atoms with Crippen molar-refractivity contribution >= 4 is 17.9 Å². The van der Waals surface area contributed by atoms with Crippen molar-refractivity contribution < 1.29 is 9.18 Å². The van der Waals surface area contributed by atoms with Gasteiger partial charge in [0.25, 0.3) is 0 Å². The molecule has 0 saturated carbocycles. The summed E-state index contributed by atoms with van der Waals surface area (Å²) in [5.41, 5.74) is 0.278. The van der Waals surface area contributed by atoms with E-state index in [4.69, 9.17) is 11.6 Å². The molecule has 1 heterocycles. The van der Waals surface area contributed by atoms with Gasteiger partial charge in [-0.05, 0) is 11.6 Å². The maximum atomic E-state index is 12.8. The normalized spacial score (nSPS) is 9.64. The van der Waals surface area contributed by atoms with Crippen molar-refractivity contribution in [2.75, 3.05) is 0 Å². The molecule has 0 bridgehead atoms. The van der Waals surface area contributed by atoms with Crippen LogP contribution in [0, 0.1) is 5.82 Å². The highest BCUT2D eigenvalue weighted by Gasteiger charge is 2.05. The van der Waals surface area contributed by atoms with Gasteiger partial charge >= 0.3 is 0 Å². The minimum absolute atomic E-state index is 0.0358. The van der Waals surface area contributed by atoms with Crippen molar-refractivity contribution in [3.8, 4) is 0 Å². The van der Waals surface area contributed by atoms with Gasteiger partial charge in [-0.15, -0.1) is 0 Å². The molecule has 58 valence electrons. The van der Waals surface area contributed by atoms with Gasteiger partial charge in [-0.3, -0.25) is 0 Å². The molecule has 0 saturated heterocycles. The molecule has 1 rings (SSSR count). The van der Waals surface area contributed by atoms with E-state index in [1.807, 2.05) is 0 Å². The van der Waals surface area contributed by atoms with E-state index in [2.05, 4.69) is 4.98 Å². The van der Waals surface area contributed by atoms with Crippen LogP contribution in [-0.2, 0) is 11.2 Å². The van der Waals surface area contributed by atoms with Crippen molar-refractivity contribution in [2.45, 2.75) is 6.42 Å². The first-order chi connectivity index (χ1) is 5.25. The lowest BCUT2D eigenvalue weighted by Gasteiger charge is -1.97. The molecule has 0 amide bonds. The van der Waals surface area contributed by atoms with Crippen molar-refractivity contribution in [1.82, 2.24) is 4.98 Å². The molecule has 0 aliphatic rings. The minimum Gasteiger partial charge on any atom is -0.303 e. The quantitative estimate of drug-likeness (QED) is 0.503. The van der Waals surface area contributed by atoms with Gasteiger partial charge in [0.05, 0.1) is 0 Å². The first-order valence-corrected chi connectivity index (χ1v) is 3.36. The van der Waals surface area contributed by atoms with Crippen molar-refractivity contribution in [1.29, 1.82) is 0 Å². The fourth-order valence-corrected chi connectivity index (χ4v) is 0.880. The highest BCUT2D eigenvalue weighted by molar-refractivity contribution is 6.29. The maximum Gasteiger partial charge on any atom is 0.165 e. The van der Waals surface area contributed by atoms with Crippen molar-refractivity contribution in [3.05, 3.63) is 28.8 Å². The van der Waals surface area contributed by atoms with Crippen LogP contribution in [0.4, 0.5) is 4.39 Å². The summed E-state index contributed by atoms with van der Waals surface area (Å²) in [6, 6.07) is 1.43. The van der Waals surface area contributed by atoms with E-state index in [0.29, 0.717) is 6.29 Å². The summed E-state index contributed by atoms with van der Waals surface area (Å²) in [5.74, 6) is -0.610. The van der Waals surface area contributed by atoms with E-state index in [9.17, 15) is 9.18 Å². The molecule has 0 radical (unpaired) electrons. The van der Waals surface area contributed by atoms with E-state index in [1.54, 1.807) is 0 Å². The summed E-state index contributed by atoms with van der Waals surface area (Å²) in [6.45, 7) is 0. The highest BCUT2D eigenvalue weighted by atomic mass is 35.5. The molecule has 0 unspecified atom stereocenters. The number of halogens is 2. The molecular weight excluding hydrogens is 169 g/mol. The standard InChI is InChI=1S/C7H5ClFNO/c8-7-6(9)5(2-4-11)1-3-10-7/h1,3-4H,2H2. The molecule has 4 heteroatoms. The zero-order valence-corrected chi connectivity index (χ0v) is 6.31. The van der Waals surface area contributed by atoms with E-state index in [0.717, 1.165) is 0 Å². The average molecular weight is 174 g/mol. The van der Waals surface area contributed by atoms with Crippen LogP contribution in [0.3, 0.4) is 0 Å². The Hall–Kier alpha value is -0.960. The van der Waals surface area contributed by atoms with Gasteiger partial charge in [-0.1, -0.05) is 11.6 Å². The SMILES string of the molecule is O=CCc1ccnc(Cl)c1F. The fourth-order valence-electron chi connectivity index (χ4n) is 0.702. The number of carbonyl (C=O) groups excluding carboxylic acids is 1. The second-order valence-corrected chi connectivity index (χ2v) is 2.30. The third kappa shape index (κ3) is 1.74. The molecule has 1 aromatic heterocycles. The summed E-state index contributed by atoms with van der Waals surface area (Å²) in [4.78, 5) is 13.5. The lowest BCUT2D eigenvalue weighted by atomic mass is 10.2. The lowest BCUT2D eigenvalue weighted by Crippen LogP contribution is -1.93. The summed E-state index contributed by atoms with van der Waals surface area (Å²) >= 11 is 5.35. The monoisotopic (exact) mass is 173 g/mol. The topological polar surface area (TPSA) is 30.0 Å². The van der Waals surface area contributed by atoms with Gasteiger partial charge in [0, 0.05) is 12.6 Å². The number of hydrogen-bond donors (Lipinski definition) is 0. The van der Waals surface area contributed by atoms with E-state index < -0.39 is 5.82 Å². The molecule has 0 N–H and O–H groups in total. The summed E-state index contributed by atoms with van der Waals surface area (Å²) in [7, 11) is 0. The molecule has 0 aliphatic heterocycles. The number of nitrogens with zero attached hydrogens (tertiary/aromatic N) is 1. The molecule has 0 aromatic carbocycles. The van der Waals surface area contributed by atoms with Crippen LogP contribution in [0.2, 0.25) is 5.15 Å². The average Bonchev–Trinajstić information content (AvgIpc) is 1.99. The Labute approximate surface area is 68.0 Å². The van der Waals surface area contributed by atoms with Crippen LogP contribution in [0.1, 0.15) is 5.56 Å². The Morgan fingerprint density at radius 3 is 3.09 bits per heavy atom. The van der Waals surface area contributed by atoms with Gasteiger partial charge in [-0.25, -0.2) is 9.37 Å². The van der Waals surface area contributed by atoms with Gasteiger partial charge in [0.15, 0.2) is 11.0 Å². The van der Waals surface area contributed by atoms with Gasteiger partial charge in [-0.2, -0.15) is 0 Å². The van der Waals surface area contributed by atoms with Crippen LogP contribution in [0.25, 0.3) is 0 Å². The zero-order valence-electron chi connectivity index (χ0n) is 5.55. The molecule has 0 fully saturated rings. The third-order valence-electron chi connectivity index (χ3n) is 1.23. The second kappa shape index (κ2) is 3.44. The van der Waals surface area contributed by atoms with Crippen LogP contribution in [0.5, 0.6) is 0 Å². The van der Waals surface area contributed by atoms with Crippen LogP contribution in [0.15, 0.2) is 12.3 Å². The first kappa shape index (κ1) is 8.14. The third-order valence-corrected chi connectivity index (χ3v) is 1.49. The van der Waals surface area contributed by atoms with Crippen LogP contribution in [-0.4, -0.2) is 11.3 Å². The smallest absolute Gasteiger partial charge is 0.165 e. The maximum absolute atomic E-state index is 12.8. The van der Waals surface area contributed by atoms with E-state index >= 15 is 0 Å². The van der Waals surface area contributed by atoms with Crippen LogP contribution < -0.4 is 0 Å². The van der Waals surface area contributed by atoms with Gasteiger partial charge in [0.2, 0.25) is 0 Å². The van der Waals surface area contributed by atoms with Gasteiger partial charge < -0.3 is 4.79 Å². The Morgan fingerprint density at radius 2 is 2.45 bits per heavy atom. The van der Waals surface area contributed by atoms with Crippen LogP contribution >= 0.6 is 11.6 Å². The summed E-state index contributed by atoms with van der Waals surface area (Å²) in [6.07, 6.45) is 2.02. The molecule has 0 spiro atoms. The molecule has 2 nitrogen and oxygen atoms in total. The highest BCUT2D eigenvalue weighted by Crippen LogP contribution is 2.14. The van der Waals surface area contributed by atoms with E-state index in [-0.39, 0.29) is 17.1 Å². The number of rotatable bonds is 2. The Kier molecular flexibility index (Phi) is 2.54. The molecule has 11 heavy (non-hydrogen) atoms. The summed E-state index contributed by atoms with van der Waals surface area (Å²) in [5, 5.41) is -0.190. The Bertz CT molecular complexity index is 277. The molecule has 0 atom stereocenters. The predicted octanol–water partition coefficient (Wildman–Crippen LogP) is 1.62. The number of hydrogen-bond acceptors (Lipinski definition) is 2. The predicted molar refractivity (Wildman–Crippen MR) is 39.0 cm³/mol. The summed E-state index contributed by atoms with van der Waals surface area (Å²) < 4.78 is 12.8. The van der Waals surface area contributed by atoms with Gasteiger partial charge in [0.1, 0.15) is 6.29 Å². The van der Waals surface area contributed by atoms with E-state index in [1.165, 1.54) is 12.3 Å². The van der Waals surface area contributed by atoms with Crippen molar-refractivity contribution in [2.24, 2.45) is 0 Å². The number of aldehydes is 1. The number of carbonyl (C=O) groups is 1. The Morgan fingerprint density at radius 1 is 1.73 bits per heavy atom. The molecule has 0 aliphatic carbocycles. The second-order valence-electron chi connectivity index (χ2n) is 1.95. The fraction of sp³-hybridized carbons (Fsp3) is 0.143. The first-order valence-electron chi connectivity index (χ1n) is 2.98. The van der Waals surface area contributed by atoms with Crippen molar-refractivity contribution in [3.63, 3.8) is 0 Å². The minimum atomic E-state index is -0.610. The number of aromatic nitrogens is 1. The molecule has 1 aromatic rings. The lowest BCUT2D eigenvalue weighted by molar-refractivity contribution is -0.107.